The van der Waals surface area contributed by atoms with Gasteiger partial charge < -0.3 is 15.0 Å². The predicted octanol–water partition coefficient (Wildman–Crippen LogP) is 4.55. The topological polar surface area (TPSA) is 61.9 Å². The number of nitrogens with zero attached hydrogens (tertiary/aromatic N) is 2. The van der Waals surface area contributed by atoms with E-state index in [2.05, 4.69) is 24.4 Å². The van der Waals surface area contributed by atoms with Gasteiger partial charge in [0.05, 0.1) is 12.2 Å². The SMILES string of the molecule is CCC1CN(C(=O)N2CCC(C(=O)NCCCc3ccccc3)CC2)c2cc(C)ccc2O1. The van der Waals surface area contributed by atoms with Crippen LogP contribution in [0.25, 0.3) is 0 Å². The van der Waals surface area contributed by atoms with Crippen molar-refractivity contribution in [3.8, 4) is 5.75 Å². The van der Waals surface area contributed by atoms with Crippen molar-refractivity contribution in [3.63, 3.8) is 0 Å². The van der Waals surface area contributed by atoms with Crippen molar-refractivity contribution in [2.24, 2.45) is 5.92 Å². The number of anilines is 1. The van der Waals surface area contributed by atoms with Gasteiger partial charge in [-0.2, -0.15) is 0 Å². The van der Waals surface area contributed by atoms with Gasteiger partial charge in [-0.1, -0.05) is 43.3 Å². The van der Waals surface area contributed by atoms with Crippen molar-refractivity contribution in [1.29, 1.82) is 0 Å². The Labute approximate surface area is 196 Å². The second-order valence-electron chi connectivity index (χ2n) is 9.15. The number of amides is 3. The molecule has 0 bridgehead atoms. The molecule has 0 spiro atoms. The molecule has 4 rings (SSSR count). The Balaban J connectivity index is 1.27. The lowest BCUT2D eigenvalue weighted by atomic mass is 9.96. The monoisotopic (exact) mass is 449 g/mol. The molecule has 1 fully saturated rings. The van der Waals surface area contributed by atoms with Crippen LogP contribution in [0.15, 0.2) is 48.5 Å². The van der Waals surface area contributed by atoms with Gasteiger partial charge in [-0.15, -0.1) is 0 Å². The van der Waals surface area contributed by atoms with E-state index in [4.69, 9.17) is 4.74 Å². The first kappa shape index (κ1) is 23.1. The van der Waals surface area contributed by atoms with E-state index in [0.29, 0.717) is 39.0 Å². The predicted molar refractivity (Wildman–Crippen MR) is 131 cm³/mol. The van der Waals surface area contributed by atoms with Crippen LogP contribution in [0.2, 0.25) is 0 Å². The number of hydrogen-bond donors (Lipinski definition) is 1. The van der Waals surface area contributed by atoms with Crippen LogP contribution >= 0.6 is 0 Å². The van der Waals surface area contributed by atoms with E-state index < -0.39 is 0 Å². The Kier molecular flexibility index (Phi) is 7.53. The van der Waals surface area contributed by atoms with E-state index in [0.717, 1.165) is 36.3 Å². The zero-order valence-corrected chi connectivity index (χ0v) is 19.8. The van der Waals surface area contributed by atoms with E-state index in [9.17, 15) is 9.59 Å². The summed E-state index contributed by atoms with van der Waals surface area (Å²) in [5.41, 5.74) is 3.25. The van der Waals surface area contributed by atoms with Gasteiger partial charge in [0.15, 0.2) is 0 Å². The number of aryl methyl sites for hydroxylation is 2. The van der Waals surface area contributed by atoms with E-state index in [1.54, 1.807) is 0 Å². The summed E-state index contributed by atoms with van der Waals surface area (Å²) >= 11 is 0. The Morgan fingerprint density at radius 3 is 2.58 bits per heavy atom. The van der Waals surface area contributed by atoms with Crippen LogP contribution in [-0.4, -0.2) is 49.1 Å². The molecule has 0 aromatic heterocycles. The maximum Gasteiger partial charge on any atom is 0.324 e. The highest BCUT2D eigenvalue weighted by molar-refractivity contribution is 5.94. The lowest BCUT2D eigenvalue weighted by Crippen LogP contribution is -2.52. The lowest BCUT2D eigenvalue weighted by molar-refractivity contribution is -0.126. The number of nitrogens with one attached hydrogen (secondary N) is 1. The minimum atomic E-state index is -0.0200. The molecular formula is C27H35N3O3. The maximum atomic E-state index is 13.4. The van der Waals surface area contributed by atoms with Gasteiger partial charge >= 0.3 is 6.03 Å². The molecule has 176 valence electrons. The average Bonchev–Trinajstić information content (AvgIpc) is 2.86. The third-order valence-corrected chi connectivity index (χ3v) is 6.69. The molecule has 1 atom stereocenters. The number of urea groups is 1. The average molecular weight is 450 g/mol. The van der Waals surface area contributed by atoms with Crippen LogP contribution in [0, 0.1) is 12.8 Å². The van der Waals surface area contributed by atoms with Gasteiger partial charge in [-0.25, -0.2) is 4.79 Å². The van der Waals surface area contributed by atoms with Gasteiger partial charge in [0.25, 0.3) is 0 Å². The van der Waals surface area contributed by atoms with Crippen LogP contribution in [0.1, 0.15) is 43.7 Å². The van der Waals surface area contributed by atoms with E-state index in [-0.39, 0.29) is 24.0 Å². The molecule has 1 unspecified atom stereocenters. The van der Waals surface area contributed by atoms with Gasteiger partial charge in [0.1, 0.15) is 11.9 Å². The number of carbonyl (C=O) groups is 2. The molecule has 6 heteroatoms. The minimum Gasteiger partial charge on any atom is -0.486 e. The third-order valence-electron chi connectivity index (χ3n) is 6.69. The summed E-state index contributed by atoms with van der Waals surface area (Å²) in [5.74, 6) is 0.874. The molecule has 2 aliphatic rings. The summed E-state index contributed by atoms with van der Waals surface area (Å²) in [6, 6.07) is 16.4. The number of rotatable bonds is 6. The largest absolute Gasteiger partial charge is 0.486 e. The highest BCUT2D eigenvalue weighted by Gasteiger charge is 2.34. The molecule has 6 nitrogen and oxygen atoms in total. The quantitative estimate of drug-likeness (QED) is 0.658. The van der Waals surface area contributed by atoms with Crippen LogP contribution in [-0.2, 0) is 11.2 Å². The molecule has 2 aromatic rings. The first-order chi connectivity index (χ1) is 16.0. The molecule has 3 amide bonds. The first-order valence-electron chi connectivity index (χ1n) is 12.2. The summed E-state index contributed by atoms with van der Waals surface area (Å²) in [6.07, 6.45) is 4.17. The van der Waals surface area contributed by atoms with Crippen molar-refractivity contribution in [1.82, 2.24) is 10.2 Å². The standard InChI is InChI=1S/C27H35N3O3/c1-3-23-19-30(24-18-20(2)11-12-25(24)33-23)27(32)29-16-13-22(14-17-29)26(31)28-15-7-10-21-8-5-4-6-9-21/h4-6,8-9,11-12,18,22-23H,3,7,10,13-17,19H2,1-2H3,(H,28,31). The second-order valence-corrected chi connectivity index (χ2v) is 9.15. The summed E-state index contributed by atoms with van der Waals surface area (Å²) in [6.45, 7) is 6.57. The molecule has 1 saturated heterocycles. The Hall–Kier alpha value is -3.02. The number of piperidine rings is 1. The van der Waals surface area contributed by atoms with Crippen molar-refractivity contribution in [2.45, 2.75) is 52.1 Å². The molecule has 2 heterocycles. The zero-order valence-electron chi connectivity index (χ0n) is 19.8. The van der Waals surface area contributed by atoms with Gasteiger partial charge in [-0.05, 0) is 62.3 Å². The fourth-order valence-electron chi connectivity index (χ4n) is 4.65. The summed E-state index contributed by atoms with van der Waals surface area (Å²) in [4.78, 5) is 29.8. The third kappa shape index (κ3) is 5.67. The van der Waals surface area contributed by atoms with Crippen LogP contribution in [0.4, 0.5) is 10.5 Å². The zero-order chi connectivity index (χ0) is 23.2. The summed E-state index contributed by atoms with van der Waals surface area (Å²) < 4.78 is 6.06. The second kappa shape index (κ2) is 10.7. The number of benzene rings is 2. The first-order valence-corrected chi connectivity index (χ1v) is 12.2. The van der Waals surface area contributed by atoms with Crippen molar-refractivity contribution < 1.29 is 14.3 Å². The molecule has 0 saturated carbocycles. The molecule has 0 radical (unpaired) electrons. The molecule has 2 aromatic carbocycles. The van der Waals surface area contributed by atoms with Crippen molar-refractivity contribution in [2.75, 3.05) is 31.1 Å². The molecule has 0 aliphatic carbocycles. The van der Waals surface area contributed by atoms with Gasteiger partial charge in [-0.3, -0.25) is 9.69 Å². The number of ether oxygens (including phenoxy) is 1. The van der Waals surface area contributed by atoms with E-state index in [1.165, 1.54) is 5.56 Å². The molecule has 33 heavy (non-hydrogen) atoms. The van der Waals surface area contributed by atoms with E-state index in [1.807, 2.05) is 53.1 Å². The fourth-order valence-corrected chi connectivity index (χ4v) is 4.65. The van der Waals surface area contributed by atoms with E-state index >= 15 is 0 Å². The molecular weight excluding hydrogens is 414 g/mol. The van der Waals surface area contributed by atoms with Crippen molar-refractivity contribution in [3.05, 3.63) is 59.7 Å². The molecule has 2 aliphatic heterocycles. The van der Waals surface area contributed by atoms with Gasteiger partial charge in [0, 0.05) is 25.6 Å². The molecule has 1 N–H and O–H groups in total. The lowest BCUT2D eigenvalue weighted by Gasteiger charge is -2.39. The van der Waals surface area contributed by atoms with Crippen LogP contribution < -0.4 is 15.0 Å². The van der Waals surface area contributed by atoms with Gasteiger partial charge in [0.2, 0.25) is 5.91 Å². The maximum absolute atomic E-state index is 13.4. The minimum absolute atomic E-state index is 0.00311. The number of likely N-dealkylation sites (tertiary alicyclic amines) is 1. The normalized spacial score (nSPS) is 18.4. The number of carbonyl (C=O) groups excluding carboxylic acids is 2. The Morgan fingerprint density at radius 2 is 1.85 bits per heavy atom. The summed E-state index contributed by atoms with van der Waals surface area (Å²) in [7, 11) is 0. The smallest absolute Gasteiger partial charge is 0.324 e. The van der Waals surface area contributed by atoms with Crippen molar-refractivity contribution >= 4 is 17.6 Å². The summed E-state index contributed by atoms with van der Waals surface area (Å²) in [5, 5.41) is 3.09. The number of hydrogen-bond acceptors (Lipinski definition) is 3. The Morgan fingerprint density at radius 1 is 1.09 bits per heavy atom. The fraction of sp³-hybridized carbons (Fsp3) is 0.481. The highest BCUT2D eigenvalue weighted by Crippen LogP contribution is 2.36. The highest BCUT2D eigenvalue weighted by atomic mass is 16.5. The number of fused-ring (bicyclic) bond motifs is 1. The van der Waals surface area contributed by atoms with Crippen LogP contribution in [0.3, 0.4) is 0 Å². The Bertz CT molecular complexity index is 954. The van der Waals surface area contributed by atoms with Crippen LogP contribution in [0.5, 0.6) is 5.75 Å².